The van der Waals surface area contributed by atoms with Gasteiger partial charge in [0.1, 0.15) is 0 Å². The average Bonchev–Trinajstić information content (AvgIpc) is 3.05. The Morgan fingerprint density at radius 3 is 2.82 bits per heavy atom. The zero-order valence-corrected chi connectivity index (χ0v) is 10.4. The number of piperidine rings is 1. The molecule has 2 nitrogen and oxygen atoms in total. The quantitative estimate of drug-likeness (QED) is 0.778. The normalized spacial score (nSPS) is 32.6. The van der Waals surface area contributed by atoms with Gasteiger partial charge in [-0.1, -0.05) is 12.2 Å². The van der Waals surface area contributed by atoms with E-state index in [1.807, 2.05) is 0 Å². The highest BCUT2D eigenvalue weighted by atomic mass is 15.2. The summed E-state index contributed by atoms with van der Waals surface area (Å²) in [5.74, 6) is 1.61. The van der Waals surface area contributed by atoms with Crippen molar-refractivity contribution in [2.24, 2.45) is 11.8 Å². The van der Waals surface area contributed by atoms with Gasteiger partial charge in [-0.2, -0.15) is 0 Å². The van der Waals surface area contributed by atoms with Crippen LogP contribution in [-0.4, -0.2) is 30.6 Å². The third-order valence-corrected chi connectivity index (χ3v) is 5.08. The predicted octanol–water partition coefficient (Wildman–Crippen LogP) is 2.07. The SMILES string of the molecule is CC(C1CCNCC1)N1CC2C3=CC1=C2C=C3. The van der Waals surface area contributed by atoms with E-state index in [1.54, 1.807) is 16.8 Å². The molecule has 4 aliphatic rings. The van der Waals surface area contributed by atoms with Crippen LogP contribution in [0.5, 0.6) is 0 Å². The third-order valence-electron chi connectivity index (χ3n) is 5.08. The lowest BCUT2D eigenvalue weighted by Gasteiger charge is -2.38. The first kappa shape index (κ1) is 9.95. The maximum Gasteiger partial charge on any atom is 0.0411 e. The molecule has 2 aliphatic heterocycles. The molecule has 2 heterocycles. The van der Waals surface area contributed by atoms with Crippen LogP contribution in [0.4, 0.5) is 0 Å². The first-order valence-electron chi connectivity index (χ1n) is 6.96. The Morgan fingerprint density at radius 1 is 1.29 bits per heavy atom. The molecule has 0 aromatic carbocycles. The maximum atomic E-state index is 3.47. The van der Waals surface area contributed by atoms with Crippen molar-refractivity contribution in [2.75, 3.05) is 19.6 Å². The Kier molecular flexibility index (Phi) is 2.04. The van der Waals surface area contributed by atoms with E-state index in [0.29, 0.717) is 0 Å². The lowest BCUT2D eigenvalue weighted by Crippen LogP contribution is -2.42. The smallest absolute Gasteiger partial charge is 0.0411 e. The van der Waals surface area contributed by atoms with Crippen LogP contribution in [0.3, 0.4) is 0 Å². The summed E-state index contributed by atoms with van der Waals surface area (Å²) in [5.41, 5.74) is 4.70. The molecular formula is C15H20N2. The highest BCUT2D eigenvalue weighted by Gasteiger charge is 2.42. The van der Waals surface area contributed by atoms with Gasteiger partial charge in [-0.15, -0.1) is 0 Å². The fourth-order valence-electron chi connectivity index (χ4n) is 3.97. The summed E-state index contributed by atoms with van der Waals surface area (Å²) >= 11 is 0. The molecule has 4 rings (SSSR count). The summed E-state index contributed by atoms with van der Waals surface area (Å²) in [6.07, 6.45) is 9.75. The molecule has 0 radical (unpaired) electrons. The molecule has 1 N–H and O–H groups in total. The van der Waals surface area contributed by atoms with Crippen molar-refractivity contribution in [3.8, 4) is 0 Å². The summed E-state index contributed by atoms with van der Waals surface area (Å²) in [6.45, 7) is 6.09. The van der Waals surface area contributed by atoms with E-state index >= 15 is 0 Å². The Labute approximate surface area is 103 Å². The topological polar surface area (TPSA) is 15.3 Å². The van der Waals surface area contributed by atoms with Crippen LogP contribution in [0.25, 0.3) is 0 Å². The summed E-state index contributed by atoms with van der Waals surface area (Å²) in [6, 6.07) is 0.719. The molecule has 0 aromatic rings. The second kappa shape index (κ2) is 3.49. The van der Waals surface area contributed by atoms with E-state index in [0.717, 1.165) is 17.9 Å². The molecule has 0 saturated carbocycles. The van der Waals surface area contributed by atoms with Crippen LogP contribution in [0.2, 0.25) is 0 Å². The predicted molar refractivity (Wildman–Crippen MR) is 69.5 cm³/mol. The van der Waals surface area contributed by atoms with Gasteiger partial charge >= 0.3 is 0 Å². The second-order valence-electron chi connectivity index (χ2n) is 5.85. The Bertz CT molecular complexity index is 438. The van der Waals surface area contributed by atoms with E-state index in [1.165, 1.54) is 32.5 Å². The van der Waals surface area contributed by atoms with Gasteiger partial charge in [0.15, 0.2) is 0 Å². The molecule has 1 saturated heterocycles. The van der Waals surface area contributed by atoms with E-state index in [2.05, 4.69) is 35.4 Å². The minimum atomic E-state index is 0.719. The lowest BCUT2D eigenvalue weighted by atomic mass is 9.89. The Balaban J connectivity index is 1.56. The standard InChI is InChI=1S/C15H20N2/c1-10(11-4-6-16-7-5-11)17-9-14-12-2-3-13(14)15(17)8-12/h2-3,8,10-11,14,16H,4-7,9H2,1H3. The lowest BCUT2D eigenvalue weighted by molar-refractivity contribution is 0.176. The van der Waals surface area contributed by atoms with Crippen molar-refractivity contribution in [1.29, 1.82) is 0 Å². The molecule has 2 aliphatic carbocycles. The molecule has 4 bridgehead atoms. The first-order valence-corrected chi connectivity index (χ1v) is 6.96. The third kappa shape index (κ3) is 1.30. The molecule has 90 valence electrons. The molecule has 0 aromatic heterocycles. The highest BCUT2D eigenvalue weighted by molar-refractivity contribution is 5.60. The number of nitrogens with zero attached hydrogens (tertiary/aromatic N) is 1. The molecule has 0 spiro atoms. The number of allylic oxidation sites excluding steroid dienone is 3. The van der Waals surface area contributed by atoms with E-state index in [4.69, 9.17) is 0 Å². The minimum absolute atomic E-state index is 0.719. The summed E-state index contributed by atoms with van der Waals surface area (Å²) in [5, 5.41) is 3.47. The van der Waals surface area contributed by atoms with Crippen LogP contribution in [0.15, 0.2) is 35.1 Å². The van der Waals surface area contributed by atoms with Gasteiger partial charge in [-0.05, 0) is 56.0 Å². The van der Waals surface area contributed by atoms with Gasteiger partial charge in [0, 0.05) is 24.2 Å². The van der Waals surface area contributed by atoms with Crippen LogP contribution in [0, 0.1) is 11.8 Å². The van der Waals surface area contributed by atoms with Gasteiger partial charge in [0.25, 0.3) is 0 Å². The number of rotatable bonds is 2. The molecule has 1 fully saturated rings. The monoisotopic (exact) mass is 228 g/mol. The second-order valence-corrected chi connectivity index (χ2v) is 5.85. The van der Waals surface area contributed by atoms with Crippen LogP contribution >= 0.6 is 0 Å². The zero-order chi connectivity index (χ0) is 11.4. The molecule has 2 unspecified atom stereocenters. The summed E-state index contributed by atoms with van der Waals surface area (Å²) < 4.78 is 0. The van der Waals surface area contributed by atoms with Crippen LogP contribution in [0.1, 0.15) is 19.8 Å². The fraction of sp³-hybridized carbons (Fsp3) is 0.600. The first-order chi connectivity index (χ1) is 8.34. The van der Waals surface area contributed by atoms with E-state index in [9.17, 15) is 0 Å². The molecule has 17 heavy (non-hydrogen) atoms. The van der Waals surface area contributed by atoms with Crippen molar-refractivity contribution < 1.29 is 0 Å². The molecular weight excluding hydrogens is 208 g/mol. The zero-order valence-electron chi connectivity index (χ0n) is 10.4. The van der Waals surface area contributed by atoms with Gasteiger partial charge in [0.2, 0.25) is 0 Å². The van der Waals surface area contributed by atoms with Crippen LogP contribution < -0.4 is 5.32 Å². The average molecular weight is 228 g/mol. The van der Waals surface area contributed by atoms with Crippen molar-refractivity contribution >= 4 is 0 Å². The van der Waals surface area contributed by atoms with E-state index < -0.39 is 0 Å². The molecule has 0 amide bonds. The Morgan fingerprint density at radius 2 is 2.12 bits per heavy atom. The number of nitrogens with one attached hydrogen (secondary N) is 1. The van der Waals surface area contributed by atoms with Crippen molar-refractivity contribution in [3.05, 3.63) is 35.1 Å². The Hall–Kier alpha value is -1.02. The van der Waals surface area contributed by atoms with Gasteiger partial charge in [0.05, 0.1) is 0 Å². The highest BCUT2D eigenvalue weighted by Crippen LogP contribution is 2.48. The van der Waals surface area contributed by atoms with Crippen molar-refractivity contribution in [3.63, 3.8) is 0 Å². The van der Waals surface area contributed by atoms with E-state index in [-0.39, 0.29) is 0 Å². The maximum absolute atomic E-state index is 3.47. The van der Waals surface area contributed by atoms with Gasteiger partial charge in [-0.3, -0.25) is 0 Å². The van der Waals surface area contributed by atoms with Gasteiger partial charge < -0.3 is 10.2 Å². The van der Waals surface area contributed by atoms with Gasteiger partial charge in [-0.25, -0.2) is 0 Å². The molecule has 2 atom stereocenters. The minimum Gasteiger partial charge on any atom is -0.367 e. The van der Waals surface area contributed by atoms with Crippen molar-refractivity contribution in [1.82, 2.24) is 10.2 Å². The fourth-order valence-corrected chi connectivity index (χ4v) is 3.97. The van der Waals surface area contributed by atoms with Crippen LogP contribution in [-0.2, 0) is 0 Å². The van der Waals surface area contributed by atoms with Crippen molar-refractivity contribution in [2.45, 2.75) is 25.8 Å². The number of hydrogen-bond donors (Lipinski definition) is 1. The largest absolute Gasteiger partial charge is 0.367 e. The summed E-state index contributed by atoms with van der Waals surface area (Å²) in [4.78, 5) is 2.67. The summed E-state index contributed by atoms with van der Waals surface area (Å²) in [7, 11) is 0. The molecule has 2 heteroatoms. The number of hydrogen-bond acceptors (Lipinski definition) is 2.